The average Bonchev–Trinajstić information content (AvgIpc) is 2.41. The summed E-state index contributed by atoms with van der Waals surface area (Å²) in [4.78, 5) is 0. The second-order valence-electron chi connectivity index (χ2n) is 11.6. The van der Waals surface area contributed by atoms with Gasteiger partial charge < -0.3 is 0 Å². The van der Waals surface area contributed by atoms with Crippen molar-refractivity contribution in [3.63, 3.8) is 0 Å². The second-order valence-corrected chi connectivity index (χ2v) is 11.6. The lowest BCUT2D eigenvalue weighted by Crippen LogP contribution is -2.56. The lowest BCUT2D eigenvalue weighted by atomic mass is 9.43. The molecule has 0 amide bonds. The van der Waals surface area contributed by atoms with Crippen LogP contribution >= 0.6 is 0 Å². The first kappa shape index (κ1) is 17.8. The van der Waals surface area contributed by atoms with Gasteiger partial charge in [-0.25, -0.2) is 0 Å². The van der Waals surface area contributed by atoms with E-state index in [2.05, 4.69) is 48.5 Å². The van der Waals surface area contributed by atoms with Crippen molar-refractivity contribution in [2.45, 2.75) is 93.4 Å². The van der Waals surface area contributed by atoms with E-state index in [0.717, 1.165) is 41.4 Å². The standard InChI is InChI=1S/C23H42/c1-15-12-13-18-19(14-15)21(23(5,6)7)17-11-9-8-10-16(17)20(18)22(2,3)4/h15-21H,8-14H2,1-7H3. The molecule has 3 aliphatic carbocycles. The van der Waals surface area contributed by atoms with Gasteiger partial charge in [-0.2, -0.15) is 0 Å². The van der Waals surface area contributed by atoms with Gasteiger partial charge in [-0.1, -0.05) is 67.7 Å². The first-order chi connectivity index (χ1) is 10.6. The summed E-state index contributed by atoms with van der Waals surface area (Å²) >= 11 is 0. The molecule has 0 bridgehead atoms. The summed E-state index contributed by atoms with van der Waals surface area (Å²) in [5.41, 5.74) is 0.982. The molecule has 0 N–H and O–H groups in total. The van der Waals surface area contributed by atoms with E-state index >= 15 is 0 Å². The normalized spacial score (nSPS) is 45.3. The van der Waals surface area contributed by atoms with E-state index in [4.69, 9.17) is 0 Å². The van der Waals surface area contributed by atoms with Gasteiger partial charge in [0.05, 0.1) is 0 Å². The Morgan fingerprint density at radius 3 is 1.48 bits per heavy atom. The zero-order valence-corrected chi connectivity index (χ0v) is 17.0. The minimum absolute atomic E-state index is 0.489. The highest BCUT2D eigenvalue weighted by molar-refractivity contribution is 5.05. The third kappa shape index (κ3) is 3.25. The van der Waals surface area contributed by atoms with Crippen LogP contribution in [0, 0.1) is 52.3 Å². The molecule has 7 unspecified atom stereocenters. The maximum Gasteiger partial charge on any atom is -0.0303 e. The molecule has 0 aromatic carbocycles. The minimum Gasteiger partial charge on any atom is -0.0625 e. The Bertz CT molecular complexity index is 407. The van der Waals surface area contributed by atoms with Gasteiger partial charge in [-0.05, 0) is 77.9 Å². The van der Waals surface area contributed by atoms with Gasteiger partial charge >= 0.3 is 0 Å². The molecule has 0 aliphatic heterocycles. The van der Waals surface area contributed by atoms with Crippen LogP contribution in [0.2, 0.25) is 0 Å². The summed E-state index contributed by atoms with van der Waals surface area (Å²) in [6, 6.07) is 0. The van der Waals surface area contributed by atoms with Gasteiger partial charge in [0, 0.05) is 0 Å². The molecule has 0 heterocycles. The van der Waals surface area contributed by atoms with Crippen molar-refractivity contribution in [1.29, 1.82) is 0 Å². The van der Waals surface area contributed by atoms with Crippen LogP contribution in [-0.2, 0) is 0 Å². The van der Waals surface area contributed by atoms with Crippen LogP contribution < -0.4 is 0 Å². The Morgan fingerprint density at radius 2 is 1.00 bits per heavy atom. The molecule has 3 fully saturated rings. The summed E-state index contributed by atoms with van der Waals surface area (Å²) in [5, 5.41) is 0. The van der Waals surface area contributed by atoms with E-state index in [1.165, 1.54) is 44.9 Å². The van der Waals surface area contributed by atoms with Gasteiger partial charge in [-0.15, -0.1) is 0 Å². The first-order valence-electron chi connectivity index (χ1n) is 10.6. The molecule has 0 saturated heterocycles. The smallest absolute Gasteiger partial charge is 0.0303 e. The van der Waals surface area contributed by atoms with Crippen molar-refractivity contribution >= 4 is 0 Å². The maximum absolute atomic E-state index is 2.55. The van der Waals surface area contributed by atoms with Crippen molar-refractivity contribution < 1.29 is 0 Å². The monoisotopic (exact) mass is 318 g/mol. The highest BCUT2D eigenvalue weighted by atomic mass is 14.6. The molecule has 3 rings (SSSR count). The summed E-state index contributed by atoms with van der Waals surface area (Å²) < 4.78 is 0. The highest BCUT2D eigenvalue weighted by Crippen LogP contribution is 2.63. The number of hydrogen-bond acceptors (Lipinski definition) is 0. The van der Waals surface area contributed by atoms with Gasteiger partial charge in [0.2, 0.25) is 0 Å². The molecule has 7 atom stereocenters. The predicted octanol–water partition coefficient (Wildman–Crippen LogP) is 7.18. The Balaban J connectivity index is 2.02. The molecule has 0 heteroatoms. The van der Waals surface area contributed by atoms with E-state index in [0.29, 0.717) is 10.8 Å². The van der Waals surface area contributed by atoms with Crippen molar-refractivity contribution in [3.05, 3.63) is 0 Å². The third-order valence-corrected chi connectivity index (χ3v) is 7.94. The first-order valence-corrected chi connectivity index (χ1v) is 10.6. The van der Waals surface area contributed by atoms with Gasteiger partial charge in [0.1, 0.15) is 0 Å². The second kappa shape index (κ2) is 6.06. The fourth-order valence-electron chi connectivity index (χ4n) is 7.59. The Labute approximate surface area is 146 Å². The molecule has 0 aromatic rings. The summed E-state index contributed by atoms with van der Waals surface area (Å²) in [5.74, 6) is 6.95. The van der Waals surface area contributed by atoms with Crippen molar-refractivity contribution in [2.24, 2.45) is 52.3 Å². The summed E-state index contributed by atoms with van der Waals surface area (Å²) in [6.45, 7) is 17.8. The average molecular weight is 319 g/mol. The topological polar surface area (TPSA) is 0 Å². The van der Waals surface area contributed by atoms with Crippen molar-refractivity contribution in [2.75, 3.05) is 0 Å². The lowest BCUT2D eigenvalue weighted by molar-refractivity contribution is -0.137. The SMILES string of the molecule is CC1CCC2C(C1)C(C(C)(C)C)C1CCCCC1C2C(C)(C)C. The minimum atomic E-state index is 0.489. The Kier molecular flexibility index (Phi) is 4.70. The summed E-state index contributed by atoms with van der Waals surface area (Å²) in [7, 11) is 0. The quantitative estimate of drug-likeness (QED) is 0.443. The fourth-order valence-corrected chi connectivity index (χ4v) is 7.59. The molecule has 3 aliphatic rings. The molecule has 0 nitrogen and oxygen atoms in total. The van der Waals surface area contributed by atoms with Crippen LogP contribution in [-0.4, -0.2) is 0 Å². The predicted molar refractivity (Wildman–Crippen MR) is 101 cm³/mol. The van der Waals surface area contributed by atoms with Gasteiger partial charge in [-0.3, -0.25) is 0 Å². The van der Waals surface area contributed by atoms with Crippen LogP contribution in [0.5, 0.6) is 0 Å². The van der Waals surface area contributed by atoms with E-state index in [1.807, 2.05) is 0 Å². The zero-order valence-electron chi connectivity index (χ0n) is 17.0. The van der Waals surface area contributed by atoms with Crippen LogP contribution in [0.1, 0.15) is 93.4 Å². The Morgan fingerprint density at radius 1 is 0.565 bits per heavy atom. The van der Waals surface area contributed by atoms with Crippen LogP contribution in [0.4, 0.5) is 0 Å². The molecule has 23 heavy (non-hydrogen) atoms. The van der Waals surface area contributed by atoms with Crippen molar-refractivity contribution in [3.8, 4) is 0 Å². The molecule has 0 aromatic heterocycles. The number of rotatable bonds is 0. The lowest BCUT2D eigenvalue weighted by Gasteiger charge is -2.62. The number of fused-ring (bicyclic) bond motifs is 2. The maximum atomic E-state index is 2.55. The van der Waals surface area contributed by atoms with Crippen LogP contribution in [0.15, 0.2) is 0 Å². The molecule has 3 saturated carbocycles. The van der Waals surface area contributed by atoms with Crippen LogP contribution in [0.3, 0.4) is 0 Å². The van der Waals surface area contributed by atoms with E-state index in [9.17, 15) is 0 Å². The zero-order chi connectivity index (χ0) is 17.0. The molecule has 0 spiro atoms. The van der Waals surface area contributed by atoms with Gasteiger partial charge in [0.25, 0.3) is 0 Å². The molecule has 0 radical (unpaired) electrons. The van der Waals surface area contributed by atoms with E-state index in [1.54, 1.807) is 0 Å². The Hall–Kier alpha value is 0. The highest BCUT2D eigenvalue weighted by Gasteiger charge is 2.56. The fraction of sp³-hybridized carbons (Fsp3) is 1.00. The number of hydrogen-bond donors (Lipinski definition) is 0. The molecular weight excluding hydrogens is 276 g/mol. The van der Waals surface area contributed by atoms with Crippen molar-refractivity contribution in [1.82, 2.24) is 0 Å². The van der Waals surface area contributed by atoms with E-state index < -0.39 is 0 Å². The van der Waals surface area contributed by atoms with E-state index in [-0.39, 0.29) is 0 Å². The van der Waals surface area contributed by atoms with Crippen LogP contribution in [0.25, 0.3) is 0 Å². The third-order valence-electron chi connectivity index (χ3n) is 7.94. The largest absolute Gasteiger partial charge is 0.0625 e. The summed E-state index contributed by atoms with van der Waals surface area (Å²) in [6.07, 6.45) is 10.6. The molecular formula is C23H42. The molecule has 134 valence electrons. The van der Waals surface area contributed by atoms with Gasteiger partial charge in [0.15, 0.2) is 0 Å².